The number of nitrogens with one attached hydrogen (secondary N) is 1. The number of hydrogen-bond acceptors (Lipinski definition) is 3. The number of nitriles is 2. The van der Waals surface area contributed by atoms with Crippen LogP contribution in [0, 0.1) is 34.5 Å². The third-order valence-electron chi connectivity index (χ3n) is 1.14. The lowest BCUT2D eigenvalue weighted by Crippen LogP contribution is -1.77. The minimum Gasteiger partial charge on any atom is -0.267 e. The lowest BCUT2D eigenvalue weighted by atomic mass is 10.2. The summed E-state index contributed by atoms with van der Waals surface area (Å²) in [6.45, 7) is 0. The molecular weight excluding hydrogens is 152 g/mol. The summed E-state index contributed by atoms with van der Waals surface area (Å²) in [5.41, 5.74) is 0.869. The van der Waals surface area contributed by atoms with Crippen LogP contribution in [0.25, 0.3) is 0 Å². The normalized spacial score (nSPS) is 7.50. The second-order valence-corrected chi connectivity index (χ2v) is 1.91. The molecule has 4 nitrogen and oxygen atoms in total. The summed E-state index contributed by atoms with van der Waals surface area (Å²) in [5.74, 6) is 5.25. The second-order valence-electron chi connectivity index (χ2n) is 1.91. The van der Waals surface area contributed by atoms with Gasteiger partial charge in [0.25, 0.3) is 0 Å². The number of aromatic nitrogens is 2. The maximum atomic E-state index is 8.51. The van der Waals surface area contributed by atoms with E-state index in [0.717, 1.165) is 0 Å². The molecule has 12 heavy (non-hydrogen) atoms. The van der Waals surface area contributed by atoms with Crippen molar-refractivity contribution in [2.75, 3.05) is 0 Å². The van der Waals surface area contributed by atoms with E-state index in [0.29, 0.717) is 11.3 Å². The number of H-pyrrole nitrogens is 1. The number of hydrogen-bond donors (Lipinski definition) is 1. The van der Waals surface area contributed by atoms with Crippen molar-refractivity contribution < 1.29 is 0 Å². The molecule has 0 radical (unpaired) electrons. The Labute approximate surface area is 69.4 Å². The smallest absolute Gasteiger partial charge is 0.151 e. The number of rotatable bonds is 0. The van der Waals surface area contributed by atoms with E-state index in [9.17, 15) is 0 Å². The summed E-state index contributed by atoms with van der Waals surface area (Å²) in [6.07, 6.45) is 1.62. The topological polar surface area (TPSA) is 76.3 Å². The van der Waals surface area contributed by atoms with Gasteiger partial charge in [-0.3, -0.25) is 5.10 Å². The van der Waals surface area contributed by atoms with Gasteiger partial charge in [-0.25, -0.2) is 0 Å². The van der Waals surface area contributed by atoms with Gasteiger partial charge in [-0.15, -0.1) is 0 Å². The molecule has 0 saturated heterocycles. The van der Waals surface area contributed by atoms with Crippen LogP contribution in [-0.4, -0.2) is 10.2 Å². The molecule has 0 spiro atoms. The molecule has 0 unspecified atom stereocenters. The zero-order valence-corrected chi connectivity index (χ0v) is 6.13. The molecule has 0 bridgehead atoms. The first kappa shape index (κ1) is 7.85. The van der Waals surface area contributed by atoms with Gasteiger partial charge in [0.05, 0.1) is 24.3 Å². The summed E-state index contributed by atoms with van der Waals surface area (Å²) in [4.78, 5) is 0. The molecule has 1 heterocycles. The minimum atomic E-state index is 0.163. The summed E-state index contributed by atoms with van der Waals surface area (Å²) in [7, 11) is 0. The summed E-state index contributed by atoms with van der Waals surface area (Å²) in [6, 6.07) is 3.78. The fourth-order valence-corrected chi connectivity index (χ4v) is 0.645. The minimum absolute atomic E-state index is 0.163. The van der Waals surface area contributed by atoms with Gasteiger partial charge in [-0.2, -0.15) is 15.6 Å². The van der Waals surface area contributed by atoms with Gasteiger partial charge in [0.15, 0.2) is 5.69 Å². The van der Waals surface area contributed by atoms with Crippen molar-refractivity contribution in [3.8, 4) is 24.0 Å². The highest BCUT2D eigenvalue weighted by atomic mass is 15.1. The first-order chi connectivity index (χ1) is 5.88. The van der Waals surface area contributed by atoms with E-state index in [-0.39, 0.29) is 6.42 Å². The molecule has 0 aliphatic heterocycles. The molecule has 0 aliphatic carbocycles. The van der Waals surface area contributed by atoms with Gasteiger partial charge in [0.1, 0.15) is 6.07 Å². The summed E-state index contributed by atoms with van der Waals surface area (Å²) < 4.78 is 0. The van der Waals surface area contributed by atoms with Crippen molar-refractivity contribution in [1.29, 1.82) is 10.5 Å². The van der Waals surface area contributed by atoms with Gasteiger partial charge >= 0.3 is 0 Å². The van der Waals surface area contributed by atoms with Crippen molar-refractivity contribution in [3.63, 3.8) is 0 Å². The summed E-state index contributed by atoms with van der Waals surface area (Å²) >= 11 is 0. The SMILES string of the molecule is N#CCC#Cc1cn[nH]c1C#N. The monoisotopic (exact) mass is 156 g/mol. The standard InChI is InChI=1S/C8H4N4/c9-4-2-1-3-7-6-11-12-8(7)5-10/h6H,2H2,(H,11,12). The average Bonchev–Trinajstić information content (AvgIpc) is 2.52. The molecular formula is C8H4N4. The summed E-state index contributed by atoms with van der Waals surface area (Å²) in [5, 5.41) is 22.8. The number of aromatic amines is 1. The maximum Gasteiger partial charge on any atom is 0.151 e. The molecule has 0 saturated carbocycles. The molecule has 1 aromatic rings. The Hall–Kier alpha value is -2.25. The third kappa shape index (κ3) is 1.62. The zero-order valence-electron chi connectivity index (χ0n) is 6.13. The predicted octanol–water partition coefficient (Wildman–Crippen LogP) is 0.547. The molecule has 0 amide bonds. The Morgan fingerprint density at radius 2 is 2.33 bits per heavy atom. The Morgan fingerprint density at radius 1 is 1.50 bits per heavy atom. The van der Waals surface area contributed by atoms with Crippen molar-refractivity contribution in [2.45, 2.75) is 6.42 Å². The lowest BCUT2D eigenvalue weighted by Gasteiger charge is -1.77. The van der Waals surface area contributed by atoms with Crippen molar-refractivity contribution in [1.82, 2.24) is 10.2 Å². The van der Waals surface area contributed by atoms with Crippen LogP contribution < -0.4 is 0 Å². The van der Waals surface area contributed by atoms with Crippen LogP contribution in [0.5, 0.6) is 0 Å². The molecule has 1 N–H and O–H groups in total. The van der Waals surface area contributed by atoms with Gasteiger partial charge in [0.2, 0.25) is 0 Å². The van der Waals surface area contributed by atoms with E-state index in [1.54, 1.807) is 0 Å². The predicted molar refractivity (Wildman–Crippen MR) is 40.4 cm³/mol. The maximum absolute atomic E-state index is 8.51. The van der Waals surface area contributed by atoms with Gasteiger partial charge < -0.3 is 0 Å². The third-order valence-corrected chi connectivity index (χ3v) is 1.14. The van der Waals surface area contributed by atoms with Crippen LogP contribution in [-0.2, 0) is 0 Å². The molecule has 0 aromatic carbocycles. The van der Waals surface area contributed by atoms with Gasteiger partial charge in [-0.1, -0.05) is 11.8 Å². The van der Waals surface area contributed by atoms with Crippen LogP contribution in [0.3, 0.4) is 0 Å². The first-order valence-corrected chi connectivity index (χ1v) is 3.17. The molecule has 1 aromatic heterocycles. The molecule has 0 aliphatic rings. The van der Waals surface area contributed by atoms with E-state index in [2.05, 4.69) is 22.0 Å². The van der Waals surface area contributed by atoms with E-state index < -0.39 is 0 Å². The Kier molecular flexibility index (Phi) is 2.49. The van der Waals surface area contributed by atoms with E-state index in [4.69, 9.17) is 10.5 Å². The van der Waals surface area contributed by atoms with Gasteiger partial charge in [-0.05, 0) is 0 Å². The second kappa shape index (κ2) is 3.81. The Morgan fingerprint density at radius 3 is 3.00 bits per heavy atom. The average molecular weight is 156 g/mol. The molecule has 1 rings (SSSR count). The highest BCUT2D eigenvalue weighted by Gasteiger charge is 1.98. The Balaban J connectivity index is 2.87. The van der Waals surface area contributed by atoms with Crippen LogP contribution in [0.1, 0.15) is 17.7 Å². The largest absolute Gasteiger partial charge is 0.267 e. The van der Waals surface area contributed by atoms with Crippen LogP contribution >= 0.6 is 0 Å². The lowest BCUT2D eigenvalue weighted by molar-refractivity contribution is 1.07. The molecule has 0 atom stereocenters. The van der Waals surface area contributed by atoms with E-state index in [1.165, 1.54) is 6.20 Å². The van der Waals surface area contributed by atoms with Crippen LogP contribution in [0.15, 0.2) is 6.20 Å². The van der Waals surface area contributed by atoms with Crippen LogP contribution in [0.2, 0.25) is 0 Å². The quantitative estimate of drug-likeness (QED) is 0.557. The van der Waals surface area contributed by atoms with Crippen molar-refractivity contribution in [3.05, 3.63) is 17.5 Å². The van der Waals surface area contributed by atoms with E-state index >= 15 is 0 Å². The zero-order chi connectivity index (χ0) is 8.81. The molecule has 56 valence electrons. The highest BCUT2D eigenvalue weighted by Crippen LogP contribution is 1.99. The van der Waals surface area contributed by atoms with Crippen molar-refractivity contribution >= 4 is 0 Å². The fourth-order valence-electron chi connectivity index (χ4n) is 0.645. The fraction of sp³-hybridized carbons (Fsp3) is 0.125. The molecule has 0 fully saturated rings. The van der Waals surface area contributed by atoms with Crippen molar-refractivity contribution in [2.24, 2.45) is 0 Å². The number of nitrogens with zero attached hydrogens (tertiary/aromatic N) is 3. The van der Waals surface area contributed by atoms with Gasteiger partial charge in [0, 0.05) is 0 Å². The Bertz CT molecular complexity index is 405. The first-order valence-electron chi connectivity index (χ1n) is 3.17. The van der Waals surface area contributed by atoms with E-state index in [1.807, 2.05) is 12.1 Å². The highest BCUT2D eigenvalue weighted by molar-refractivity contribution is 5.42. The molecule has 4 heteroatoms. The van der Waals surface area contributed by atoms with Crippen LogP contribution in [0.4, 0.5) is 0 Å².